The van der Waals surface area contributed by atoms with Crippen LogP contribution in [0, 0.1) is 0 Å². The summed E-state index contributed by atoms with van der Waals surface area (Å²) in [6.45, 7) is 4.64. The summed E-state index contributed by atoms with van der Waals surface area (Å²) in [7, 11) is 0. The van der Waals surface area contributed by atoms with Gasteiger partial charge in [0.25, 0.3) is 0 Å². The molecular formula is C9H16N2O3. The molecule has 2 amide bonds. The van der Waals surface area contributed by atoms with E-state index in [9.17, 15) is 9.59 Å². The Labute approximate surface area is 83.7 Å². The maximum absolute atomic E-state index is 11.3. The Hall–Kier alpha value is -1.32. The van der Waals surface area contributed by atoms with Gasteiger partial charge < -0.3 is 0 Å². The van der Waals surface area contributed by atoms with Crippen molar-refractivity contribution in [3.8, 4) is 0 Å². The third-order valence-corrected chi connectivity index (χ3v) is 1.53. The van der Waals surface area contributed by atoms with E-state index in [0.717, 1.165) is 19.0 Å². The number of hydrogen-bond acceptors (Lipinski definition) is 3. The number of carbonyl (C=O) groups excluding carboxylic acids is 2. The molecule has 0 aromatic rings. The molecule has 0 fully saturated rings. The molecule has 0 spiro atoms. The first kappa shape index (κ1) is 12.7. The lowest BCUT2D eigenvalue weighted by Crippen LogP contribution is -2.37. The van der Waals surface area contributed by atoms with E-state index in [0.29, 0.717) is 13.2 Å². The highest BCUT2D eigenvalue weighted by molar-refractivity contribution is 5.75. The second-order valence-corrected chi connectivity index (χ2v) is 2.63. The van der Waals surface area contributed by atoms with E-state index >= 15 is 0 Å². The van der Waals surface area contributed by atoms with E-state index in [1.807, 2.05) is 6.92 Å². The van der Waals surface area contributed by atoms with Crippen molar-refractivity contribution in [1.82, 2.24) is 10.4 Å². The summed E-state index contributed by atoms with van der Waals surface area (Å²) in [4.78, 5) is 27.3. The Morgan fingerprint density at radius 3 is 2.79 bits per heavy atom. The monoisotopic (exact) mass is 200 g/mol. The number of hydroxylamine groups is 1. The number of nitrogens with one attached hydrogen (secondary N) is 1. The highest BCUT2D eigenvalue weighted by Crippen LogP contribution is 1.95. The molecule has 0 radical (unpaired) electrons. The zero-order chi connectivity index (χ0) is 10.8. The van der Waals surface area contributed by atoms with Crippen LogP contribution in [0.1, 0.15) is 26.7 Å². The van der Waals surface area contributed by atoms with Crippen LogP contribution in [0.3, 0.4) is 0 Å². The number of urea groups is 1. The van der Waals surface area contributed by atoms with E-state index in [1.165, 1.54) is 4.90 Å². The first-order chi connectivity index (χ1) is 6.76. The number of unbranched alkanes of at least 4 members (excludes halogenated alkanes) is 1. The zero-order valence-electron chi connectivity index (χ0n) is 8.58. The van der Waals surface area contributed by atoms with Crippen LogP contribution < -0.4 is 5.48 Å². The molecule has 5 heteroatoms. The zero-order valence-corrected chi connectivity index (χ0v) is 8.58. The fourth-order valence-electron chi connectivity index (χ4n) is 0.809. The Balaban J connectivity index is 4.04. The number of hydrogen-bond donors (Lipinski definition) is 1. The Morgan fingerprint density at radius 1 is 1.57 bits per heavy atom. The summed E-state index contributed by atoms with van der Waals surface area (Å²) in [5.41, 5.74) is 2.20. The maximum atomic E-state index is 11.3. The van der Waals surface area contributed by atoms with Crippen molar-refractivity contribution < 1.29 is 14.4 Å². The third kappa shape index (κ3) is 5.35. The van der Waals surface area contributed by atoms with E-state index in [2.05, 4.69) is 5.48 Å². The quantitative estimate of drug-likeness (QED) is 0.516. The largest absolute Gasteiger partial charge is 0.345 e. The van der Waals surface area contributed by atoms with Gasteiger partial charge in [-0.1, -0.05) is 13.3 Å². The molecule has 0 aromatic heterocycles. The average molecular weight is 200 g/mol. The van der Waals surface area contributed by atoms with Gasteiger partial charge in [-0.15, -0.1) is 0 Å². The normalized spacial score (nSPS) is 9.00. The standard InChI is InChI=1S/C9H16N2O3/c1-3-5-6-11(7-8-12)9(13)10-14-4-2/h7H,3-6H2,1-2H3,(H,10,13). The minimum absolute atomic E-state index is 0.387. The van der Waals surface area contributed by atoms with E-state index in [1.54, 1.807) is 12.9 Å². The summed E-state index contributed by atoms with van der Waals surface area (Å²) in [6.07, 6.45) is 2.85. The predicted octanol–water partition coefficient (Wildman–Crippen LogP) is 1.09. The molecule has 0 atom stereocenters. The maximum Gasteiger partial charge on any atom is 0.345 e. The second-order valence-electron chi connectivity index (χ2n) is 2.63. The van der Waals surface area contributed by atoms with Crippen molar-refractivity contribution in [2.75, 3.05) is 13.2 Å². The predicted molar refractivity (Wildman–Crippen MR) is 52.0 cm³/mol. The van der Waals surface area contributed by atoms with Crippen LogP contribution >= 0.6 is 0 Å². The van der Waals surface area contributed by atoms with Crippen molar-refractivity contribution in [1.29, 1.82) is 0 Å². The highest BCUT2D eigenvalue weighted by Gasteiger charge is 2.09. The molecule has 0 bridgehead atoms. The minimum Gasteiger partial charge on any atom is -0.289 e. The molecule has 0 unspecified atom stereocenters. The molecule has 5 nitrogen and oxygen atoms in total. The van der Waals surface area contributed by atoms with Crippen molar-refractivity contribution in [3.63, 3.8) is 0 Å². The fraction of sp³-hybridized carbons (Fsp3) is 0.667. The minimum atomic E-state index is -0.441. The first-order valence-electron chi connectivity index (χ1n) is 4.65. The van der Waals surface area contributed by atoms with Crippen molar-refractivity contribution in [2.24, 2.45) is 0 Å². The van der Waals surface area contributed by atoms with Gasteiger partial charge in [0.15, 0.2) is 0 Å². The van der Waals surface area contributed by atoms with E-state index in [-0.39, 0.29) is 0 Å². The molecule has 0 heterocycles. The lowest BCUT2D eigenvalue weighted by Gasteiger charge is -2.16. The average Bonchev–Trinajstić information content (AvgIpc) is 2.20. The highest BCUT2D eigenvalue weighted by atomic mass is 16.7. The van der Waals surface area contributed by atoms with E-state index < -0.39 is 6.03 Å². The third-order valence-electron chi connectivity index (χ3n) is 1.53. The Kier molecular flexibility index (Phi) is 7.50. The van der Waals surface area contributed by atoms with Crippen LogP contribution in [0.2, 0.25) is 0 Å². The summed E-state index contributed by atoms with van der Waals surface area (Å²) in [6, 6.07) is -0.441. The number of nitrogens with zero attached hydrogens (tertiary/aromatic N) is 1. The first-order valence-corrected chi connectivity index (χ1v) is 4.65. The number of rotatable bonds is 6. The smallest absolute Gasteiger partial charge is 0.289 e. The van der Waals surface area contributed by atoms with Crippen LogP contribution in [0.25, 0.3) is 0 Å². The molecule has 0 saturated carbocycles. The van der Waals surface area contributed by atoms with Crippen LogP contribution in [0.15, 0.2) is 6.20 Å². The summed E-state index contributed by atoms with van der Waals surface area (Å²) >= 11 is 0. The summed E-state index contributed by atoms with van der Waals surface area (Å²) in [5, 5.41) is 0. The van der Waals surface area contributed by atoms with Gasteiger partial charge in [0, 0.05) is 6.54 Å². The Morgan fingerprint density at radius 2 is 2.29 bits per heavy atom. The second kappa shape index (κ2) is 8.29. The summed E-state index contributed by atoms with van der Waals surface area (Å²) < 4.78 is 0. The molecule has 14 heavy (non-hydrogen) atoms. The lowest BCUT2D eigenvalue weighted by atomic mass is 10.3. The molecular weight excluding hydrogens is 184 g/mol. The van der Waals surface area contributed by atoms with Gasteiger partial charge in [0.2, 0.25) is 0 Å². The topological polar surface area (TPSA) is 58.6 Å². The molecule has 80 valence electrons. The van der Waals surface area contributed by atoms with Crippen molar-refractivity contribution in [2.45, 2.75) is 26.7 Å². The molecule has 1 N–H and O–H groups in total. The summed E-state index contributed by atoms with van der Waals surface area (Å²) in [5.74, 6) is 1.57. The number of carbonyl (C=O) groups is 1. The van der Waals surface area contributed by atoms with Crippen LogP contribution in [-0.2, 0) is 9.63 Å². The molecule has 0 aliphatic carbocycles. The fourth-order valence-corrected chi connectivity index (χ4v) is 0.809. The lowest BCUT2D eigenvalue weighted by molar-refractivity contribution is 0.0607. The molecule has 0 aliphatic heterocycles. The van der Waals surface area contributed by atoms with Crippen molar-refractivity contribution >= 4 is 12.0 Å². The number of amides is 2. The van der Waals surface area contributed by atoms with E-state index in [4.69, 9.17) is 4.84 Å². The van der Waals surface area contributed by atoms with Crippen LogP contribution in [0.4, 0.5) is 4.79 Å². The molecule has 0 aromatic carbocycles. The molecule has 0 saturated heterocycles. The SMILES string of the molecule is CCCCN(C=C=O)C(=O)NOCC. The van der Waals surface area contributed by atoms with Gasteiger partial charge >= 0.3 is 6.03 Å². The molecule has 0 rings (SSSR count). The van der Waals surface area contributed by atoms with Gasteiger partial charge in [0.1, 0.15) is 5.94 Å². The molecule has 0 aliphatic rings. The van der Waals surface area contributed by atoms with Crippen LogP contribution in [-0.4, -0.2) is 30.0 Å². The van der Waals surface area contributed by atoms with Crippen LogP contribution in [0.5, 0.6) is 0 Å². The van der Waals surface area contributed by atoms with Gasteiger partial charge in [0.05, 0.1) is 12.8 Å². The van der Waals surface area contributed by atoms with Gasteiger partial charge in [-0.3, -0.25) is 9.74 Å². The Bertz CT molecular complexity index is 212. The van der Waals surface area contributed by atoms with Crippen molar-refractivity contribution in [3.05, 3.63) is 6.20 Å². The van der Waals surface area contributed by atoms with Gasteiger partial charge in [-0.2, -0.15) is 0 Å². The van der Waals surface area contributed by atoms with Gasteiger partial charge in [-0.25, -0.2) is 15.1 Å². The van der Waals surface area contributed by atoms with Gasteiger partial charge in [-0.05, 0) is 13.3 Å².